The SMILES string of the molecule is CCCC(O)(F)Cl. The van der Waals surface area contributed by atoms with Crippen molar-refractivity contribution in [3.8, 4) is 0 Å². The average Bonchev–Trinajstić information content (AvgIpc) is 1.30. The first-order valence-corrected chi connectivity index (χ1v) is 2.54. The van der Waals surface area contributed by atoms with Gasteiger partial charge in [-0.05, 0) is 6.42 Å². The Hall–Kier alpha value is 0.180. The van der Waals surface area contributed by atoms with Crippen LogP contribution in [0, 0.1) is 0 Å². The van der Waals surface area contributed by atoms with Crippen molar-refractivity contribution in [3.05, 3.63) is 0 Å². The molecule has 0 aliphatic heterocycles. The van der Waals surface area contributed by atoms with Crippen LogP contribution in [0.15, 0.2) is 0 Å². The fourth-order valence-corrected chi connectivity index (χ4v) is 0.490. The summed E-state index contributed by atoms with van der Waals surface area (Å²) in [6.07, 6.45) is 0.547. The van der Waals surface area contributed by atoms with E-state index in [0.717, 1.165) is 0 Å². The van der Waals surface area contributed by atoms with E-state index in [1.54, 1.807) is 6.92 Å². The molecule has 0 spiro atoms. The van der Waals surface area contributed by atoms with Gasteiger partial charge in [-0.2, -0.15) is 4.39 Å². The largest absolute Gasteiger partial charge is 0.350 e. The van der Waals surface area contributed by atoms with Crippen LogP contribution in [0.4, 0.5) is 4.39 Å². The minimum Gasteiger partial charge on any atom is -0.350 e. The van der Waals surface area contributed by atoms with Gasteiger partial charge in [0.25, 0.3) is 5.31 Å². The number of hydrogen-bond acceptors (Lipinski definition) is 1. The fraction of sp³-hybridized carbons (Fsp3) is 1.00. The molecule has 7 heavy (non-hydrogen) atoms. The molecule has 0 amide bonds. The Bertz CT molecular complexity index is 50.1. The van der Waals surface area contributed by atoms with E-state index in [-0.39, 0.29) is 6.42 Å². The van der Waals surface area contributed by atoms with Gasteiger partial charge < -0.3 is 5.11 Å². The lowest BCUT2D eigenvalue weighted by Crippen LogP contribution is -2.10. The van der Waals surface area contributed by atoms with Crippen LogP contribution in [0.2, 0.25) is 0 Å². The van der Waals surface area contributed by atoms with E-state index in [2.05, 4.69) is 0 Å². The second-order valence-electron chi connectivity index (χ2n) is 1.42. The van der Waals surface area contributed by atoms with Crippen molar-refractivity contribution in [2.45, 2.75) is 25.1 Å². The highest BCUT2D eigenvalue weighted by Crippen LogP contribution is 2.18. The second-order valence-corrected chi connectivity index (χ2v) is 1.99. The fourth-order valence-electron chi connectivity index (χ4n) is 0.301. The van der Waals surface area contributed by atoms with E-state index < -0.39 is 5.31 Å². The summed E-state index contributed by atoms with van der Waals surface area (Å²) >= 11 is 4.72. The summed E-state index contributed by atoms with van der Waals surface area (Å²) in [5.74, 6) is 0. The highest BCUT2D eigenvalue weighted by atomic mass is 35.5. The Labute approximate surface area is 47.1 Å². The lowest BCUT2D eigenvalue weighted by Gasteiger charge is -2.05. The quantitative estimate of drug-likeness (QED) is 0.558. The lowest BCUT2D eigenvalue weighted by atomic mass is 10.3. The Morgan fingerprint density at radius 3 is 2.29 bits per heavy atom. The van der Waals surface area contributed by atoms with Gasteiger partial charge in [0.15, 0.2) is 0 Å². The summed E-state index contributed by atoms with van der Waals surface area (Å²) in [6.45, 7) is 1.74. The Kier molecular flexibility index (Phi) is 2.54. The zero-order chi connectivity index (χ0) is 5.91. The topological polar surface area (TPSA) is 20.2 Å². The number of aliphatic hydroxyl groups is 1. The van der Waals surface area contributed by atoms with Crippen LogP contribution in [-0.2, 0) is 0 Å². The summed E-state index contributed by atoms with van der Waals surface area (Å²) in [4.78, 5) is 0. The Morgan fingerprint density at radius 2 is 2.29 bits per heavy atom. The van der Waals surface area contributed by atoms with Crippen LogP contribution in [0.1, 0.15) is 19.8 Å². The summed E-state index contributed by atoms with van der Waals surface area (Å²) in [5, 5.41) is 5.64. The van der Waals surface area contributed by atoms with Crippen molar-refractivity contribution >= 4 is 11.6 Å². The van der Waals surface area contributed by atoms with Gasteiger partial charge in [-0.15, -0.1) is 0 Å². The van der Waals surface area contributed by atoms with E-state index in [9.17, 15) is 4.39 Å². The summed E-state index contributed by atoms with van der Waals surface area (Å²) < 4.78 is 11.7. The average molecular weight is 127 g/mol. The van der Waals surface area contributed by atoms with Gasteiger partial charge >= 0.3 is 0 Å². The van der Waals surface area contributed by atoms with Gasteiger partial charge in [0.05, 0.1) is 0 Å². The molecule has 0 saturated heterocycles. The molecule has 1 N–H and O–H groups in total. The third kappa shape index (κ3) is 6.18. The first kappa shape index (κ1) is 7.18. The van der Waals surface area contributed by atoms with E-state index in [4.69, 9.17) is 16.7 Å². The predicted octanol–water partition coefficient (Wildman–Crippen LogP) is 1.64. The maximum atomic E-state index is 11.7. The molecule has 0 saturated carbocycles. The molecule has 1 atom stereocenters. The Morgan fingerprint density at radius 1 is 1.86 bits per heavy atom. The van der Waals surface area contributed by atoms with Crippen molar-refractivity contribution in [2.24, 2.45) is 0 Å². The summed E-state index contributed by atoms with van der Waals surface area (Å²) in [5.41, 5.74) is 0. The molecule has 0 aromatic rings. The molecule has 0 fully saturated rings. The highest BCUT2D eigenvalue weighted by Gasteiger charge is 2.18. The molecular formula is C4H8ClFO. The van der Waals surface area contributed by atoms with Crippen LogP contribution in [0.25, 0.3) is 0 Å². The van der Waals surface area contributed by atoms with Gasteiger partial charge in [0.1, 0.15) is 0 Å². The first-order valence-electron chi connectivity index (χ1n) is 2.16. The van der Waals surface area contributed by atoms with Crippen LogP contribution < -0.4 is 0 Å². The third-order valence-corrected chi connectivity index (χ3v) is 0.740. The molecule has 3 heteroatoms. The van der Waals surface area contributed by atoms with Crippen LogP contribution in [0.5, 0.6) is 0 Å². The molecule has 0 bridgehead atoms. The molecule has 0 aromatic heterocycles. The number of alkyl halides is 2. The summed E-state index contributed by atoms with van der Waals surface area (Å²) in [7, 11) is 0. The molecular weight excluding hydrogens is 118 g/mol. The van der Waals surface area contributed by atoms with E-state index in [1.165, 1.54) is 0 Å². The van der Waals surface area contributed by atoms with Gasteiger partial charge in [-0.25, -0.2) is 0 Å². The minimum absolute atomic E-state index is 0.00540. The summed E-state index contributed by atoms with van der Waals surface area (Å²) in [6, 6.07) is 0. The third-order valence-electron chi connectivity index (χ3n) is 0.551. The van der Waals surface area contributed by atoms with Crippen molar-refractivity contribution < 1.29 is 9.50 Å². The number of halogens is 2. The van der Waals surface area contributed by atoms with Gasteiger partial charge in [-0.1, -0.05) is 18.5 Å². The molecule has 0 heterocycles. The second kappa shape index (κ2) is 2.48. The van der Waals surface area contributed by atoms with Crippen LogP contribution in [0.3, 0.4) is 0 Å². The molecule has 1 nitrogen and oxygen atoms in total. The molecule has 0 aromatic carbocycles. The van der Waals surface area contributed by atoms with Crippen molar-refractivity contribution in [1.82, 2.24) is 0 Å². The van der Waals surface area contributed by atoms with E-state index in [1.807, 2.05) is 0 Å². The smallest absolute Gasteiger partial charge is 0.283 e. The molecule has 1 unspecified atom stereocenters. The monoisotopic (exact) mass is 126 g/mol. The first-order chi connectivity index (χ1) is 3.06. The van der Waals surface area contributed by atoms with Gasteiger partial charge in [0, 0.05) is 6.42 Å². The maximum absolute atomic E-state index is 11.7. The van der Waals surface area contributed by atoms with Crippen molar-refractivity contribution in [2.75, 3.05) is 0 Å². The van der Waals surface area contributed by atoms with Crippen LogP contribution >= 0.6 is 11.6 Å². The van der Waals surface area contributed by atoms with Crippen molar-refractivity contribution in [3.63, 3.8) is 0 Å². The molecule has 0 aliphatic rings. The van der Waals surface area contributed by atoms with E-state index >= 15 is 0 Å². The number of hydrogen-bond donors (Lipinski definition) is 1. The van der Waals surface area contributed by atoms with Crippen molar-refractivity contribution in [1.29, 1.82) is 0 Å². The molecule has 44 valence electrons. The van der Waals surface area contributed by atoms with E-state index in [0.29, 0.717) is 6.42 Å². The Balaban J connectivity index is 3.15. The minimum atomic E-state index is -2.48. The normalized spacial score (nSPS) is 18.9. The van der Waals surface area contributed by atoms with Gasteiger partial charge in [0.2, 0.25) is 0 Å². The molecule has 0 radical (unpaired) electrons. The van der Waals surface area contributed by atoms with Gasteiger partial charge in [-0.3, -0.25) is 0 Å². The predicted molar refractivity (Wildman–Crippen MR) is 26.8 cm³/mol. The standard InChI is InChI=1S/C4H8ClFO/c1-2-3-4(5,6)7/h7H,2-3H2,1H3. The zero-order valence-electron chi connectivity index (χ0n) is 4.12. The number of rotatable bonds is 2. The lowest BCUT2D eigenvalue weighted by molar-refractivity contribution is -0.0124. The highest BCUT2D eigenvalue weighted by molar-refractivity contribution is 6.21. The molecule has 0 rings (SSSR count). The zero-order valence-corrected chi connectivity index (χ0v) is 4.87. The maximum Gasteiger partial charge on any atom is 0.283 e. The molecule has 0 aliphatic carbocycles. The van der Waals surface area contributed by atoms with Crippen LogP contribution in [-0.4, -0.2) is 10.4 Å².